The fraction of sp³-hybridized carbons (Fsp3) is 0. The molecular weight excluding hydrogens is 595 g/mol. The van der Waals surface area contributed by atoms with Crippen LogP contribution in [0, 0.1) is 11.5 Å². The summed E-state index contributed by atoms with van der Waals surface area (Å²) in [5.41, 5.74) is 8.77. The number of hydrogen-bond donors (Lipinski definition) is 0. The topological polar surface area (TPSA) is 4.93 Å². The number of aromatic nitrogens is 1. The smallest absolute Gasteiger partial charge is 0.230 e. The summed E-state index contributed by atoms with van der Waals surface area (Å²) in [7, 11) is -2.93. The summed E-state index contributed by atoms with van der Waals surface area (Å²) in [4.78, 5) is 0. The van der Waals surface area contributed by atoms with Gasteiger partial charge in [-0.3, -0.25) is 0 Å². The maximum absolute atomic E-state index is 4.12. The number of fused-ring (bicyclic) bond motifs is 5. The highest BCUT2D eigenvalue weighted by Gasteiger charge is 2.39. The third kappa shape index (κ3) is 4.48. The molecule has 0 atom stereocenters. The van der Waals surface area contributed by atoms with Gasteiger partial charge in [0.2, 0.25) is 8.07 Å². The van der Waals surface area contributed by atoms with Gasteiger partial charge in [-0.15, -0.1) is 5.54 Å². The van der Waals surface area contributed by atoms with Crippen LogP contribution in [0.4, 0.5) is 0 Å². The van der Waals surface area contributed by atoms with Crippen molar-refractivity contribution >= 4 is 67.0 Å². The Labute approximate surface area is 281 Å². The van der Waals surface area contributed by atoms with E-state index in [1.807, 2.05) is 0 Å². The molecule has 0 aliphatic carbocycles. The van der Waals surface area contributed by atoms with Crippen LogP contribution in [0.5, 0.6) is 0 Å². The molecular formula is C46H31NSi. The van der Waals surface area contributed by atoms with E-state index in [1.165, 1.54) is 58.9 Å². The molecule has 0 saturated carbocycles. The molecule has 9 aromatic rings. The van der Waals surface area contributed by atoms with Crippen molar-refractivity contribution in [2.75, 3.05) is 0 Å². The van der Waals surface area contributed by atoms with E-state index in [-0.39, 0.29) is 0 Å². The van der Waals surface area contributed by atoms with Gasteiger partial charge in [-0.25, -0.2) is 0 Å². The molecule has 8 aromatic carbocycles. The van der Waals surface area contributed by atoms with Crippen LogP contribution >= 0.6 is 0 Å². The van der Waals surface area contributed by atoms with Crippen LogP contribution < -0.4 is 15.6 Å². The van der Waals surface area contributed by atoms with E-state index < -0.39 is 8.07 Å². The summed E-state index contributed by atoms with van der Waals surface area (Å²) in [6, 6.07) is 68.1. The molecule has 224 valence electrons. The summed E-state index contributed by atoms with van der Waals surface area (Å²) in [5.74, 6) is 3.89. The summed E-state index contributed by atoms with van der Waals surface area (Å²) < 4.78 is 2.39. The zero-order valence-electron chi connectivity index (χ0n) is 26.3. The lowest BCUT2D eigenvalue weighted by Gasteiger charge is -2.28. The molecule has 48 heavy (non-hydrogen) atoms. The number of rotatable bonds is 4. The molecule has 0 aliphatic heterocycles. The van der Waals surface area contributed by atoms with Gasteiger partial charge in [-0.2, -0.15) is 0 Å². The molecule has 0 amide bonds. The largest absolute Gasteiger partial charge is 0.309 e. The molecule has 0 aliphatic rings. The van der Waals surface area contributed by atoms with Crippen LogP contribution in [0.3, 0.4) is 0 Å². The van der Waals surface area contributed by atoms with Gasteiger partial charge in [0.1, 0.15) is 0 Å². The zero-order chi connectivity index (χ0) is 31.9. The summed E-state index contributed by atoms with van der Waals surface area (Å²) >= 11 is 0. The SMILES string of the molecule is C(#C[Si](c1ccccc1)(c1ccccc1)c1ccc2c(c1)c1ccccc1n2-c1ccccc1)c1c2ccccc2cc2ccccc12. The van der Waals surface area contributed by atoms with E-state index >= 15 is 0 Å². The molecule has 0 fully saturated rings. The first-order valence-corrected chi connectivity index (χ1v) is 18.5. The Hall–Kier alpha value is -6.14. The molecule has 0 bridgehead atoms. The van der Waals surface area contributed by atoms with Crippen LogP contribution in [0.2, 0.25) is 0 Å². The highest BCUT2D eigenvalue weighted by atomic mass is 28.3. The van der Waals surface area contributed by atoms with Crippen LogP contribution in [0.25, 0.3) is 49.0 Å². The summed E-state index contributed by atoms with van der Waals surface area (Å²) in [6.45, 7) is 0. The predicted molar refractivity (Wildman–Crippen MR) is 207 cm³/mol. The zero-order valence-corrected chi connectivity index (χ0v) is 27.3. The number of benzene rings is 8. The lowest BCUT2D eigenvalue weighted by atomic mass is 9.97. The van der Waals surface area contributed by atoms with E-state index in [2.05, 4.69) is 204 Å². The summed E-state index contributed by atoms with van der Waals surface area (Å²) in [6.07, 6.45) is 0. The molecule has 2 heteroatoms. The first-order chi connectivity index (χ1) is 23.8. The molecule has 0 N–H and O–H groups in total. The van der Waals surface area contributed by atoms with Crippen molar-refractivity contribution in [3.05, 3.63) is 194 Å². The van der Waals surface area contributed by atoms with E-state index in [9.17, 15) is 0 Å². The lowest BCUT2D eigenvalue weighted by molar-refractivity contribution is 1.18. The van der Waals surface area contributed by atoms with Gasteiger partial charge in [0, 0.05) is 22.0 Å². The minimum absolute atomic E-state index is 1.09. The third-order valence-electron chi connectivity index (χ3n) is 9.68. The van der Waals surface area contributed by atoms with Crippen LogP contribution in [-0.2, 0) is 0 Å². The Balaban J connectivity index is 1.39. The normalized spacial score (nSPS) is 11.6. The van der Waals surface area contributed by atoms with Gasteiger partial charge in [-0.05, 0) is 67.4 Å². The second-order valence-electron chi connectivity index (χ2n) is 12.3. The monoisotopic (exact) mass is 625 g/mol. The number of para-hydroxylation sites is 2. The first-order valence-electron chi connectivity index (χ1n) is 16.5. The highest BCUT2D eigenvalue weighted by molar-refractivity contribution is 7.17. The van der Waals surface area contributed by atoms with Crippen LogP contribution in [0.15, 0.2) is 188 Å². The first kappa shape index (κ1) is 28.1. The van der Waals surface area contributed by atoms with Crippen molar-refractivity contribution in [1.29, 1.82) is 0 Å². The number of nitrogens with zero attached hydrogens (tertiary/aromatic N) is 1. The number of hydrogen-bond acceptors (Lipinski definition) is 0. The summed E-state index contributed by atoms with van der Waals surface area (Å²) in [5, 5.41) is 11.1. The van der Waals surface area contributed by atoms with E-state index in [0.717, 1.165) is 11.3 Å². The molecule has 1 heterocycles. The van der Waals surface area contributed by atoms with Crippen LogP contribution in [-0.4, -0.2) is 12.6 Å². The molecule has 0 radical (unpaired) electrons. The molecule has 1 nitrogen and oxygen atoms in total. The minimum Gasteiger partial charge on any atom is -0.309 e. The second kappa shape index (κ2) is 11.6. The average molecular weight is 626 g/mol. The molecule has 0 saturated heterocycles. The maximum atomic E-state index is 4.12. The third-order valence-corrected chi connectivity index (χ3v) is 13.8. The van der Waals surface area contributed by atoms with Crippen molar-refractivity contribution in [2.24, 2.45) is 0 Å². The van der Waals surface area contributed by atoms with Gasteiger partial charge in [0.05, 0.1) is 11.0 Å². The lowest BCUT2D eigenvalue weighted by Crippen LogP contribution is -2.66. The van der Waals surface area contributed by atoms with Gasteiger partial charge in [-0.1, -0.05) is 164 Å². The van der Waals surface area contributed by atoms with Gasteiger partial charge in [0.15, 0.2) is 0 Å². The Bertz CT molecular complexity index is 2570. The van der Waals surface area contributed by atoms with Gasteiger partial charge in [0.25, 0.3) is 0 Å². The van der Waals surface area contributed by atoms with Crippen LogP contribution in [0.1, 0.15) is 5.56 Å². The molecule has 9 rings (SSSR count). The molecule has 0 spiro atoms. The standard InChI is InChI=1S/C46H31NSi/c1-4-18-36(19-5-1)47-45-27-15-14-26-43(45)44-33-39(28-29-46(44)47)48(37-20-6-2-7-21-37,38-22-8-3-9-23-38)31-30-42-40-24-12-10-16-34(40)32-35-17-11-13-25-41(35)42/h1-29,32-33H. The van der Waals surface area contributed by atoms with E-state index in [1.54, 1.807) is 0 Å². The van der Waals surface area contributed by atoms with Crippen molar-refractivity contribution in [3.63, 3.8) is 0 Å². The minimum atomic E-state index is -2.93. The maximum Gasteiger partial charge on any atom is 0.230 e. The fourth-order valence-electron chi connectivity index (χ4n) is 7.46. The average Bonchev–Trinajstić information content (AvgIpc) is 3.50. The van der Waals surface area contributed by atoms with E-state index in [4.69, 9.17) is 0 Å². The molecule has 0 unspecified atom stereocenters. The Morgan fingerprint density at radius 2 is 0.875 bits per heavy atom. The van der Waals surface area contributed by atoms with Crippen molar-refractivity contribution < 1.29 is 0 Å². The fourth-order valence-corrected chi connectivity index (χ4v) is 11.3. The van der Waals surface area contributed by atoms with Crippen molar-refractivity contribution in [2.45, 2.75) is 0 Å². The van der Waals surface area contributed by atoms with Crippen molar-refractivity contribution in [1.82, 2.24) is 4.57 Å². The van der Waals surface area contributed by atoms with Crippen molar-refractivity contribution in [3.8, 4) is 17.2 Å². The van der Waals surface area contributed by atoms with Gasteiger partial charge < -0.3 is 4.57 Å². The Kier molecular flexibility index (Phi) is 6.78. The van der Waals surface area contributed by atoms with E-state index in [0.29, 0.717) is 0 Å². The highest BCUT2D eigenvalue weighted by Crippen LogP contribution is 2.32. The Morgan fingerprint density at radius 1 is 0.375 bits per heavy atom. The predicted octanol–water partition coefficient (Wildman–Crippen LogP) is 9.15. The van der Waals surface area contributed by atoms with Gasteiger partial charge >= 0.3 is 0 Å². The molecule has 1 aromatic heterocycles. The quantitative estimate of drug-likeness (QED) is 0.0796. The Morgan fingerprint density at radius 3 is 1.50 bits per heavy atom. The second-order valence-corrected chi connectivity index (χ2v) is 15.8.